The zero-order valence-corrected chi connectivity index (χ0v) is 12.1. The van der Waals surface area contributed by atoms with Crippen LogP contribution in [0.15, 0.2) is 24.3 Å². The Morgan fingerprint density at radius 2 is 1.79 bits per heavy atom. The molecule has 0 aliphatic carbocycles. The van der Waals surface area contributed by atoms with E-state index in [9.17, 15) is 9.59 Å². The lowest BCUT2D eigenvalue weighted by atomic mass is 10.2. The highest BCUT2D eigenvalue weighted by molar-refractivity contribution is 5.92. The van der Waals surface area contributed by atoms with Gasteiger partial charge in [0.25, 0.3) is 0 Å². The van der Waals surface area contributed by atoms with E-state index in [1.54, 1.807) is 39.8 Å². The third-order valence-corrected chi connectivity index (χ3v) is 2.51. The number of hydrogen-bond donors (Lipinski definition) is 0. The van der Waals surface area contributed by atoms with Crippen molar-refractivity contribution in [3.63, 3.8) is 0 Å². The van der Waals surface area contributed by atoms with Gasteiger partial charge in [0.15, 0.2) is 0 Å². The summed E-state index contributed by atoms with van der Waals surface area (Å²) < 4.78 is 5.34. The molecule has 0 spiro atoms. The summed E-state index contributed by atoms with van der Waals surface area (Å²) in [4.78, 5) is 24.6. The minimum Gasteiger partial charge on any atom is -0.443 e. The molecule has 1 atom stereocenters. The van der Waals surface area contributed by atoms with Crippen molar-refractivity contribution in [1.29, 1.82) is 0 Å². The second-order valence-corrected chi connectivity index (χ2v) is 5.56. The van der Waals surface area contributed by atoms with Gasteiger partial charge in [-0.05, 0) is 46.8 Å². The van der Waals surface area contributed by atoms with Gasteiger partial charge in [-0.25, -0.2) is 4.79 Å². The molecule has 0 saturated heterocycles. The number of amides is 1. The molecular formula is C15H21NO3. The minimum atomic E-state index is -0.595. The average Bonchev–Trinajstić information content (AvgIpc) is 2.29. The number of benzene rings is 1. The van der Waals surface area contributed by atoms with Gasteiger partial charge in [0.2, 0.25) is 0 Å². The molecule has 0 bridgehead atoms. The van der Waals surface area contributed by atoms with Gasteiger partial charge in [-0.2, -0.15) is 0 Å². The van der Waals surface area contributed by atoms with Crippen molar-refractivity contribution in [3.8, 4) is 0 Å². The third-order valence-electron chi connectivity index (χ3n) is 2.51. The van der Waals surface area contributed by atoms with Crippen LogP contribution in [0.3, 0.4) is 0 Å². The summed E-state index contributed by atoms with van der Waals surface area (Å²) in [6.07, 6.45) is 0.208. The van der Waals surface area contributed by atoms with Crippen molar-refractivity contribution in [2.24, 2.45) is 0 Å². The van der Waals surface area contributed by atoms with Gasteiger partial charge in [0.05, 0.1) is 6.04 Å². The molecule has 4 nitrogen and oxygen atoms in total. The molecule has 19 heavy (non-hydrogen) atoms. The number of rotatable bonds is 3. The first-order chi connectivity index (χ1) is 8.74. The van der Waals surface area contributed by atoms with E-state index in [0.29, 0.717) is 5.69 Å². The zero-order chi connectivity index (χ0) is 14.6. The van der Waals surface area contributed by atoms with E-state index in [2.05, 4.69) is 0 Å². The molecule has 0 aliphatic heterocycles. The predicted molar refractivity (Wildman–Crippen MR) is 75.4 cm³/mol. The predicted octanol–water partition coefficient (Wildman–Crippen LogP) is 3.32. The highest BCUT2D eigenvalue weighted by Crippen LogP contribution is 2.20. The maximum absolute atomic E-state index is 12.2. The highest BCUT2D eigenvalue weighted by Gasteiger charge is 2.27. The molecule has 1 aromatic rings. The molecular weight excluding hydrogens is 242 g/mol. The van der Waals surface area contributed by atoms with Crippen LogP contribution in [0.1, 0.15) is 33.3 Å². The van der Waals surface area contributed by atoms with Crippen LogP contribution in [0.2, 0.25) is 0 Å². The SMILES string of the molecule is Cc1ccc(N(C(=O)OC(C)(C)C)C(C)C=O)cc1. The Bertz CT molecular complexity index is 445. The molecule has 104 valence electrons. The summed E-state index contributed by atoms with van der Waals surface area (Å²) in [5.74, 6) is 0. The molecule has 4 heteroatoms. The monoisotopic (exact) mass is 263 g/mol. The summed E-state index contributed by atoms with van der Waals surface area (Å²) >= 11 is 0. The molecule has 0 radical (unpaired) electrons. The molecule has 1 unspecified atom stereocenters. The summed E-state index contributed by atoms with van der Waals surface area (Å²) in [6.45, 7) is 9.01. The standard InChI is InChI=1S/C15H21NO3/c1-11-6-8-13(9-7-11)16(12(2)10-17)14(18)19-15(3,4)5/h6-10,12H,1-5H3. The number of carbonyl (C=O) groups is 2. The van der Waals surface area contributed by atoms with Crippen LogP contribution in [0, 0.1) is 6.92 Å². The molecule has 0 heterocycles. The Balaban J connectivity index is 3.05. The van der Waals surface area contributed by atoms with Crippen LogP contribution in [0.25, 0.3) is 0 Å². The third kappa shape index (κ3) is 4.39. The van der Waals surface area contributed by atoms with E-state index in [-0.39, 0.29) is 0 Å². The molecule has 0 saturated carbocycles. The number of aldehydes is 1. The van der Waals surface area contributed by atoms with Crippen LogP contribution in [-0.4, -0.2) is 24.0 Å². The van der Waals surface area contributed by atoms with Crippen LogP contribution in [0.4, 0.5) is 10.5 Å². The van der Waals surface area contributed by atoms with Gasteiger partial charge in [-0.3, -0.25) is 4.90 Å². The highest BCUT2D eigenvalue weighted by atomic mass is 16.6. The lowest BCUT2D eigenvalue weighted by Gasteiger charge is -2.29. The van der Waals surface area contributed by atoms with Crippen molar-refractivity contribution in [2.75, 3.05) is 4.90 Å². The van der Waals surface area contributed by atoms with E-state index in [1.807, 2.05) is 19.1 Å². The maximum atomic E-state index is 12.2. The van der Waals surface area contributed by atoms with Crippen LogP contribution in [-0.2, 0) is 9.53 Å². The van der Waals surface area contributed by atoms with Crippen molar-refractivity contribution in [2.45, 2.75) is 46.3 Å². The first kappa shape index (κ1) is 15.2. The quantitative estimate of drug-likeness (QED) is 0.786. The van der Waals surface area contributed by atoms with E-state index >= 15 is 0 Å². The van der Waals surface area contributed by atoms with E-state index in [4.69, 9.17) is 4.74 Å². The van der Waals surface area contributed by atoms with Gasteiger partial charge in [0, 0.05) is 5.69 Å². The second-order valence-electron chi connectivity index (χ2n) is 5.56. The minimum absolute atomic E-state index is 0.518. The summed E-state index contributed by atoms with van der Waals surface area (Å²) in [5, 5.41) is 0. The van der Waals surface area contributed by atoms with E-state index in [0.717, 1.165) is 11.8 Å². The number of ether oxygens (including phenoxy) is 1. The summed E-state index contributed by atoms with van der Waals surface area (Å²) in [7, 11) is 0. The fraction of sp³-hybridized carbons (Fsp3) is 0.467. The smallest absolute Gasteiger partial charge is 0.415 e. The Kier molecular flexibility index (Phi) is 4.70. The maximum Gasteiger partial charge on any atom is 0.415 e. The van der Waals surface area contributed by atoms with Crippen molar-refractivity contribution in [3.05, 3.63) is 29.8 Å². The van der Waals surface area contributed by atoms with Crippen molar-refractivity contribution in [1.82, 2.24) is 0 Å². The van der Waals surface area contributed by atoms with Crippen LogP contribution < -0.4 is 4.90 Å². The molecule has 1 amide bonds. The molecule has 1 aromatic carbocycles. The largest absolute Gasteiger partial charge is 0.443 e. The van der Waals surface area contributed by atoms with Gasteiger partial charge >= 0.3 is 6.09 Å². The Morgan fingerprint density at radius 3 is 2.21 bits per heavy atom. The van der Waals surface area contributed by atoms with Gasteiger partial charge in [-0.15, -0.1) is 0 Å². The number of nitrogens with zero attached hydrogens (tertiary/aromatic N) is 1. The lowest BCUT2D eigenvalue weighted by Crippen LogP contribution is -2.43. The number of anilines is 1. The number of aryl methyl sites for hydroxylation is 1. The Labute approximate surface area is 114 Å². The summed E-state index contributed by atoms with van der Waals surface area (Å²) in [5.41, 5.74) is 1.15. The lowest BCUT2D eigenvalue weighted by molar-refractivity contribution is -0.108. The zero-order valence-electron chi connectivity index (χ0n) is 12.1. The first-order valence-corrected chi connectivity index (χ1v) is 6.29. The first-order valence-electron chi connectivity index (χ1n) is 6.29. The number of carbonyl (C=O) groups excluding carboxylic acids is 2. The molecule has 0 aliphatic rings. The fourth-order valence-electron chi connectivity index (χ4n) is 1.58. The van der Waals surface area contributed by atoms with Crippen molar-refractivity contribution >= 4 is 18.1 Å². The van der Waals surface area contributed by atoms with Gasteiger partial charge in [0.1, 0.15) is 11.9 Å². The van der Waals surface area contributed by atoms with E-state index < -0.39 is 17.7 Å². The van der Waals surface area contributed by atoms with Crippen molar-refractivity contribution < 1.29 is 14.3 Å². The fourth-order valence-corrected chi connectivity index (χ4v) is 1.58. The topological polar surface area (TPSA) is 46.6 Å². The summed E-state index contributed by atoms with van der Waals surface area (Å²) in [6, 6.07) is 6.82. The number of hydrogen-bond acceptors (Lipinski definition) is 3. The van der Waals surface area contributed by atoms with Crippen LogP contribution in [0.5, 0.6) is 0 Å². The van der Waals surface area contributed by atoms with Gasteiger partial charge < -0.3 is 9.53 Å². The average molecular weight is 263 g/mol. The Hall–Kier alpha value is -1.84. The van der Waals surface area contributed by atoms with Gasteiger partial charge in [-0.1, -0.05) is 17.7 Å². The molecule has 0 fully saturated rings. The molecule has 1 rings (SSSR count). The van der Waals surface area contributed by atoms with Crippen LogP contribution >= 0.6 is 0 Å². The van der Waals surface area contributed by atoms with E-state index in [1.165, 1.54) is 4.90 Å². The Morgan fingerprint density at radius 1 is 1.26 bits per heavy atom. The second kappa shape index (κ2) is 5.87. The molecule has 0 aromatic heterocycles. The normalized spacial score (nSPS) is 12.7. The molecule has 0 N–H and O–H groups in total.